The number of likely N-dealkylation sites (tertiary alicyclic amines) is 4. The van der Waals surface area contributed by atoms with Crippen LogP contribution < -0.4 is 5.32 Å². The van der Waals surface area contributed by atoms with E-state index in [0.29, 0.717) is 32.0 Å². The summed E-state index contributed by atoms with van der Waals surface area (Å²) < 4.78 is 26.9. The van der Waals surface area contributed by atoms with Gasteiger partial charge in [0, 0.05) is 71.5 Å². The molecule has 4 aliphatic heterocycles. The van der Waals surface area contributed by atoms with Gasteiger partial charge in [0.05, 0.1) is 68.5 Å². The predicted octanol–water partition coefficient (Wildman–Crippen LogP) is 5.37. The van der Waals surface area contributed by atoms with Crippen molar-refractivity contribution in [3.8, 4) is 0 Å². The fraction of sp³-hybridized carbons (Fsp3) is 0.884. The molecule has 0 aliphatic carbocycles. The van der Waals surface area contributed by atoms with Crippen LogP contribution in [0.2, 0.25) is 0 Å². The van der Waals surface area contributed by atoms with Gasteiger partial charge in [-0.2, -0.15) is 0 Å². The minimum absolute atomic E-state index is 0.0544. The van der Waals surface area contributed by atoms with E-state index in [4.69, 9.17) is 23.7 Å². The molecule has 4 heterocycles. The first-order valence-corrected chi connectivity index (χ1v) is 21.4. The molecule has 58 heavy (non-hydrogen) atoms. The van der Waals surface area contributed by atoms with Gasteiger partial charge in [0.1, 0.15) is 0 Å². The lowest BCUT2D eigenvalue weighted by Crippen LogP contribution is -2.58. The van der Waals surface area contributed by atoms with Gasteiger partial charge >= 0.3 is 6.09 Å². The van der Waals surface area contributed by atoms with Crippen LogP contribution in [0.1, 0.15) is 124 Å². The van der Waals surface area contributed by atoms with Gasteiger partial charge in [0.2, 0.25) is 23.6 Å². The predicted molar refractivity (Wildman–Crippen MR) is 227 cm³/mol. The van der Waals surface area contributed by atoms with E-state index in [2.05, 4.69) is 19.2 Å². The van der Waals surface area contributed by atoms with Crippen molar-refractivity contribution >= 4 is 29.7 Å². The minimum Gasteiger partial charge on any atom is -0.450 e. The summed E-state index contributed by atoms with van der Waals surface area (Å²) in [5.41, 5.74) is -0.261. The van der Waals surface area contributed by atoms with Crippen LogP contribution in [0.4, 0.5) is 4.79 Å². The molecule has 0 radical (unpaired) electrons. The molecular weight excluding hydrogens is 746 g/mol. The number of nitrogens with zero attached hydrogens (tertiary/aromatic N) is 4. The number of rotatable bonds is 12. The number of nitrogens with one attached hydrogen (secondary N) is 1. The molecule has 4 saturated heterocycles. The maximum Gasteiger partial charge on any atom is 0.409 e. The molecule has 340 valence electrons. The quantitative estimate of drug-likeness (QED) is 0.271. The monoisotopic (exact) mass is 830 g/mol. The van der Waals surface area contributed by atoms with Crippen LogP contribution in [0.15, 0.2) is 0 Å². The van der Waals surface area contributed by atoms with Crippen molar-refractivity contribution in [3.05, 3.63) is 0 Å². The molecule has 4 rings (SSSR count). The maximum absolute atomic E-state index is 11.7. The third-order valence-corrected chi connectivity index (χ3v) is 8.57. The van der Waals surface area contributed by atoms with Crippen LogP contribution in [0.5, 0.6) is 0 Å². The molecule has 1 N–H and O–H groups in total. The van der Waals surface area contributed by atoms with E-state index in [1.807, 2.05) is 92.9 Å². The van der Waals surface area contributed by atoms with Gasteiger partial charge in [0.15, 0.2) is 0 Å². The lowest BCUT2D eigenvalue weighted by Gasteiger charge is -2.42. The molecule has 15 nitrogen and oxygen atoms in total. The van der Waals surface area contributed by atoms with Crippen LogP contribution in [-0.4, -0.2) is 164 Å². The summed E-state index contributed by atoms with van der Waals surface area (Å²) in [6.45, 7) is 40.1. The molecule has 15 heteroatoms. The molecule has 5 amide bonds. The van der Waals surface area contributed by atoms with E-state index in [9.17, 15) is 24.0 Å². The van der Waals surface area contributed by atoms with Gasteiger partial charge in [0.25, 0.3) is 0 Å². The average Bonchev–Trinajstić information content (AvgIpc) is 3.02. The van der Waals surface area contributed by atoms with Crippen molar-refractivity contribution in [3.63, 3.8) is 0 Å². The number of hydrogen-bond acceptors (Lipinski definition) is 10. The molecule has 0 unspecified atom stereocenters. The van der Waals surface area contributed by atoms with Crippen LogP contribution >= 0.6 is 0 Å². The summed E-state index contributed by atoms with van der Waals surface area (Å²) in [5.74, 6) is 1.21. The van der Waals surface area contributed by atoms with Gasteiger partial charge in [-0.1, -0.05) is 41.5 Å². The Kier molecular flexibility index (Phi) is 26.3. The van der Waals surface area contributed by atoms with Gasteiger partial charge in [-0.3, -0.25) is 19.2 Å². The topological polar surface area (TPSA) is 156 Å². The molecule has 0 atom stereocenters. The largest absolute Gasteiger partial charge is 0.450 e. The van der Waals surface area contributed by atoms with Crippen molar-refractivity contribution in [1.29, 1.82) is 0 Å². The minimum atomic E-state index is -0.261. The molecule has 0 aromatic rings. The van der Waals surface area contributed by atoms with Crippen LogP contribution in [0.3, 0.4) is 0 Å². The second kappa shape index (κ2) is 27.7. The van der Waals surface area contributed by atoms with Gasteiger partial charge in [-0.15, -0.1) is 0 Å². The first-order chi connectivity index (χ1) is 26.8. The zero-order valence-corrected chi connectivity index (χ0v) is 39.3. The molecule has 0 aromatic carbocycles. The molecule has 0 aromatic heterocycles. The Labute approximate surface area is 351 Å². The Morgan fingerprint density at radius 1 is 0.569 bits per heavy atom. The van der Waals surface area contributed by atoms with Gasteiger partial charge < -0.3 is 48.6 Å². The summed E-state index contributed by atoms with van der Waals surface area (Å²) in [6, 6.07) is 0. The highest BCUT2D eigenvalue weighted by atomic mass is 16.6. The zero-order chi connectivity index (χ0) is 44.9. The van der Waals surface area contributed by atoms with Gasteiger partial charge in [-0.05, 0) is 68.2 Å². The summed E-state index contributed by atoms with van der Waals surface area (Å²) in [4.78, 5) is 62.1. The molecule has 0 spiro atoms. The van der Waals surface area contributed by atoms with Crippen LogP contribution in [0, 0.1) is 11.3 Å². The Hall–Kier alpha value is -3.01. The van der Waals surface area contributed by atoms with Crippen molar-refractivity contribution in [2.24, 2.45) is 11.3 Å². The fourth-order valence-corrected chi connectivity index (χ4v) is 5.67. The first kappa shape index (κ1) is 55.0. The number of carbonyl (C=O) groups excluding carboxylic acids is 5. The van der Waals surface area contributed by atoms with Crippen molar-refractivity contribution < 1.29 is 47.7 Å². The van der Waals surface area contributed by atoms with Crippen LogP contribution in [-0.2, 0) is 42.9 Å². The smallest absolute Gasteiger partial charge is 0.409 e. The number of carbonyl (C=O) groups is 5. The molecular formula is C43H83N5O10. The summed E-state index contributed by atoms with van der Waals surface area (Å²) in [7, 11) is 0. The third kappa shape index (κ3) is 24.2. The van der Waals surface area contributed by atoms with Crippen molar-refractivity contribution in [1.82, 2.24) is 24.9 Å². The Bertz CT molecular complexity index is 1200. The van der Waals surface area contributed by atoms with Crippen molar-refractivity contribution in [2.45, 2.75) is 173 Å². The SMILES string of the molecule is CC(=O)N1CC(OC(C)C)C1.CC(=O)NCC(C)C.CC(C)OC1CN(C(=O)C(C)(C)C)C1.CCC(=O)N1CC(OC(C)C)C1.CCOC(=O)N1CC(OC(C)C)C1. The van der Waals surface area contributed by atoms with E-state index < -0.39 is 0 Å². The van der Waals surface area contributed by atoms with E-state index in [1.54, 1.807) is 23.6 Å². The average molecular weight is 830 g/mol. The highest BCUT2D eigenvalue weighted by Gasteiger charge is 2.37. The third-order valence-electron chi connectivity index (χ3n) is 8.57. The standard InChI is InChI=1S/C11H21NO2.C9H17NO3.C9H17NO2.C8H15NO2.C6H13NO/c1-8(2)14-9-6-12(7-9)10(13)11(3,4)5;1-4-12-9(11)10-5-8(6-10)13-7(2)3;1-4-9(11)10-5-8(6-10)12-7(2)3;1-6(2)11-8-4-9(5-8)7(3)10;1-5(2)4-7-6(3)8/h8-9H,6-7H2,1-5H3;7-8H,4-6H2,1-3H3;7-8H,4-6H2,1-3H3;6,8H,4-5H2,1-3H3;5H,4H2,1-3H3,(H,7,8). The van der Waals surface area contributed by atoms with E-state index in [0.717, 1.165) is 45.8 Å². The summed E-state index contributed by atoms with van der Waals surface area (Å²) in [5, 5.41) is 2.71. The molecule has 4 fully saturated rings. The zero-order valence-electron chi connectivity index (χ0n) is 39.3. The van der Waals surface area contributed by atoms with E-state index in [1.165, 1.54) is 6.92 Å². The maximum atomic E-state index is 11.7. The number of amides is 5. The number of ether oxygens (including phenoxy) is 5. The molecule has 0 bridgehead atoms. The Morgan fingerprint density at radius 3 is 1.17 bits per heavy atom. The fourth-order valence-electron chi connectivity index (χ4n) is 5.67. The van der Waals surface area contributed by atoms with E-state index in [-0.39, 0.29) is 84.0 Å². The summed E-state index contributed by atoms with van der Waals surface area (Å²) >= 11 is 0. The second-order valence-electron chi connectivity index (χ2n) is 17.7. The van der Waals surface area contributed by atoms with E-state index >= 15 is 0 Å². The highest BCUT2D eigenvalue weighted by molar-refractivity contribution is 5.82. The molecule has 0 saturated carbocycles. The Balaban J connectivity index is 0.000000708. The lowest BCUT2D eigenvalue weighted by molar-refractivity contribution is -0.156. The van der Waals surface area contributed by atoms with Gasteiger partial charge in [-0.25, -0.2) is 4.79 Å². The lowest BCUT2D eigenvalue weighted by atomic mass is 9.93. The first-order valence-electron chi connectivity index (χ1n) is 21.4. The molecule has 4 aliphatic rings. The number of hydrogen-bond donors (Lipinski definition) is 1. The summed E-state index contributed by atoms with van der Waals surface area (Å²) in [6.07, 6.45) is 2.41. The Morgan fingerprint density at radius 2 is 0.914 bits per heavy atom. The second-order valence-corrected chi connectivity index (χ2v) is 17.7. The van der Waals surface area contributed by atoms with Crippen LogP contribution in [0.25, 0.3) is 0 Å². The normalized spacial score (nSPS) is 17.0. The highest BCUT2D eigenvalue weighted by Crippen LogP contribution is 2.23. The van der Waals surface area contributed by atoms with Crippen molar-refractivity contribution in [2.75, 3.05) is 65.5 Å².